The lowest BCUT2D eigenvalue weighted by atomic mass is 9.89. The molecule has 0 bridgehead atoms. The van der Waals surface area contributed by atoms with Gasteiger partial charge in [0.2, 0.25) is 0 Å². The van der Waals surface area contributed by atoms with Crippen molar-refractivity contribution in [3.05, 3.63) is 51.6 Å². The van der Waals surface area contributed by atoms with Crippen molar-refractivity contribution in [2.45, 2.75) is 109 Å². The van der Waals surface area contributed by atoms with Crippen molar-refractivity contribution < 1.29 is 28.2 Å². The summed E-state index contributed by atoms with van der Waals surface area (Å²) in [4.78, 5) is 13.2. The first kappa shape index (κ1) is 31.3. The van der Waals surface area contributed by atoms with Crippen LogP contribution < -0.4 is 4.74 Å². The van der Waals surface area contributed by atoms with Gasteiger partial charge < -0.3 is 23.4 Å². The Morgan fingerprint density at radius 2 is 1.84 bits per heavy atom. The molecular formula is C30H45IO6Si. The minimum atomic E-state index is -2.12. The molecule has 212 valence electrons. The number of ether oxygens (including phenoxy) is 4. The van der Waals surface area contributed by atoms with Crippen LogP contribution in [0.5, 0.6) is 5.75 Å². The highest BCUT2D eigenvalue weighted by atomic mass is 127. The molecular weight excluding hydrogens is 611 g/mol. The Balaban J connectivity index is 1.96. The fraction of sp³-hybridized carbons (Fsp3) is 0.633. The summed E-state index contributed by atoms with van der Waals surface area (Å²) >= 11 is 2.21. The second-order valence-electron chi connectivity index (χ2n) is 12.3. The van der Waals surface area contributed by atoms with Gasteiger partial charge in [0.15, 0.2) is 14.6 Å². The van der Waals surface area contributed by atoms with Crippen LogP contribution in [0.15, 0.2) is 46.1 Å². The first-order chi connectivity index (χ1) is 17.7. The number of esters is 1. The number of cyclic esters (lactones) is 1. The molecule has 1 unspecified atom stereocenters. The highest BCUT2D eigenvalue weighted by molar-refractivity contribution is 14.1. The molecule has 6 nitrogen and oxygen atoms in total. The van der Waals surface area contributed by atoms with E-state index in [9.17, 15) is 4.79 Å². The van der Waals surface area contributed by atoms with Crippen molar-refractivity contribution >= 4 is 36.9 Å². The van der Waals surface area contributed by atoms with Crippen molar-refractivity contribution in [1.29, 1.82) is 0 Å². The van der Waals surface area contributed by atoms with Gasteiger partial charge in [0, 0.05) is 11.5 Å². The maximum absolute atomic E-state index is 13.2. The van der Waals surface area contributed by atoms with Crippen molar-refractivity contribution in [3.8, 4) is 5.75 Å². The molecule has 2 heterocycles. The van der Waals surface area contributed by atoms with Crippen LogP contribution in [-0.4, -0.2) is 45.3 Å². The molecule has 0 radical (unpaired) electrons. The lowest BCUT2D eigenvalue weighted by Gasteiger charge is -2.40. The van der Waals surface area contributed by atoms with Gasteiger partial charge in [-0.15, -0.1) is 0 Å². The Bertz CT molecular complexity index is 1010. The van der Waals surface area contributed by atoms with Gasteiger partial charge in [-0.1, -0.05) is 74.6 Å². The Morgan fingerprint density at radius 3 is 2.42 bits per heavy atom. The zero-order chi connectivity index (χ0) is 28.3. The van der Waals surface area contributed by atoms with Crippen LogP contribution in [0.4, 0.5) is 0 Å². The fourth-order valence-electron chi connectivity index (χ4n) is 4.65. The zero-order valence-electron chi connectivity index (χ0n) is 24.4. The number of hydrogen-bond acceptors (Lipinski definition) is 6. The monoisotopic (exact) mass is 656 g/mol. The third-order valence-corrected chi connectivity index (χ3v) is 13.7. The van der Waals surface area contributed by atoms with Gasteiger partial charge in [-0.2, -0.15) is 0 Å². The van der Waals surface area contributed by atoms with Crippen molar-refractivity contribution in [2.75, 3.05) is 7.11 Å². The summed E-state index contributed by atoms with van der Waals surface area (Å²) in [6, 6.07) is 7.80. The van der Waals surface area contributed by atoms with Crippen LogP contribution in [0, 0.1) is 5.92 Å². The third kappa shape index (κ3) is 7.50. The molecule has 8 heteroatoms. The lowest BCUT2D eigenvalue weighted by molar-refractivity contribution is -0.151. The molecule has 38 heavy (non-hydrogen) atoms. The first-order valence-electron chi connectivity index (χ1n) is 13.5. The Morgan fingerprint density at radius 1 is 1.18 bits per heavy atom. The molecule has 1 aromatic rings. The highest BCUT2D eigenvalue weighted by Gasteiger charge is 2.47. The van der Waals surface area contributed by atoms with Crippen LogP contribution in [0.2, 0.25) is 18.1 Å². The number of carbonyl (C=O) groups excluding carboxylic acids is 1. The van der Waals surface area contributed by atoms with Crippen molar-refractivity contribution in [2.24, 2.45) is 5.92 Å². The third-order valence-electron chi connectivity index (χ3n) is 8.21. The van der Waals surface area contributed by atoms with E-state index in [1.165, 1.54) is 0 Å². The van der Waals surface area contributed by atoms with Gasteiger partial charge in [0.1, 0.15) is 18.0 Å². The Kier molecular flexibility index (Phi) is 10.3. The molecule has 0 amide bonds. The number of benzene rings is 1. The number of halogens is 1. The van der Waals surface area contributed by atoms with E-state index < -0.39 is 20.2 Å². The Labute approximate surface area is 243 Å². The maximum Gasteiger partial charge on any atom is 0.308 e. The van der Waals surface area contributed by atoms with Gasteiger partial charge in [-0.05, 0) is 66.6 Å². The van der Waals surface area contributed by atoms with Crippen LogP contribution >= 0.6 is 22.6 Å². The quantitative estimate of drug-likeness (QED) is 0.139. The van der Waals surface area contributed by atoms with Crippen LogP contribution in [0.25, 0.3) is 0 Å². The molecule has 2 aliphatic rings. The van der Waals surface area contributed by atoms with Crippen molar-refractivity contribution in [3.63, 3.8) is 0 Å². The van der Waals surface area contributed by atoms with E-state index in [0.29, 0.717) is 12.8 Å². The minimum Gasteiger partial charge on any atom is -0.497 e. The average molecular weight is 657 g/mol. The SMILES string of the molecule is COc1ccc(C2O[C@H]3/C=C/[C@H](C)[C@@H](/C(C)=C/I)OC(=O)C[C@H](O[Si](C)(C)C(C)(C)C)CC[C@@]3(C)O2)cc1. The number of rotatable bonds is 5. The number of hydrogen-bond donors (Lipinski definition) is 0. The second kappa shape index (κ2) is 12.5. The number of carbonyl (C=O) groups is 1. The minimum absolute atomic E-state index is 0.0276. The van der Waals surface area contributed by atoms with Gasteiger partial charge in [0.05, 0.1) is 25.2 Å². The standard InChI is InChI=1S/C30H45IO6Si/c1-20-10-15-25-30(6,36-28(34-25)22-11-13-23(33-7)14-12-22)17-16-24(37-38(8,9)29(3,4)5)18-26(32)35-27(20)21(2)19-31/h10-15,19-20,24-25,27-28H,16-18H2,1-9H3/b15-10+,21-19+/t20-,24+,25-,27-,28?,30+/m0/s1. The molecule has 0 N–H and O–H groups in total. The summed E-state index contributed by atoms with van der Waals surface area (Å²) < 4.78 is 33.3. The second-order valence-corrected chi connectivity index (χ2v) is 17.7. The van der Waals surface area contributed by atoms with E-state index in [-0.39, 0.29) is 41.7 Å². The maximum atomic E-state index is 13.2. The number of methoxy groups -OCH3 is 1. The Hall–Kier alpha value is -1.20. The fourth-order valence-corrected chi connectivity index (χ4v) is 6.39. The summed E-state index contributed by atoms with van der Waals surface area (Å²) in [6.07, 6.45) is 4.39. The lowest BCUT2D eigenvalue weighted by Crippen LogP contribution is -2.45. The molecule has 0 saturated carbocycles. The predicted octanol–water partition coefficient (Wildman–Crippen LogP) is 7.89. The summed E-state index contributed by atoms with van der Waals surface area (Å²) in [5.74, 6) is 0.536. The molecule has 3 rings (SSSR count). The normalized spacial score (nSPS) is 32.5. The largest absolute Gasteiger partial charge is 0.497 e. The van der Waals surface area contributed by atoms with Gasteiger partial charge in [-0.3, -0.25) is 4.79 Å². The van der Waals surface area contributed by atoms with E-state index in [2.05, 4.69) is 82.5 Å². The summed E-state index contributed by atoms with van der Waals surface area (Å²) in [5, 5.41) is 0.0276. The smallest absolute Gasteiger partial charge is 0.308 e. The molecule has 6 atom stereocenters. The average Bonchev–Trinajstić information content (AvgIpc) is 3.19. The highest BCUT2D eigenvalue weighted by Crippen LogP contribution is 2.44. The van der Waals surface area contributed by atoms with Gasteiger partial charge in [-0.25, -0.2) is 0 Å². The van der Waals surface area contributed by atoms with Gasteiger partial charge >= 0.3 is 5.97 Å². The first-order valence-corrected chi connectivity index (χ1v) is 17.6. The molecule has 0 aliphatic carbocycles. The van der Waals surface area contributed by atoms with E-state index in [1.807, 2.05) is 35.3 Å². The van der Waals surface area contributed by atoms with E-state index in [1.54, 1.807) is 7.11 Å². The molecule has 1 saturated heterocycles. The molecule has 0 aromatic heterocycles. The van der Waals surface area contributed by atoms with Gasteiger partial charge in [0.25, 0.3) is 0 Å². The summed E-state index contributed by atoms with van der Waals surface area (Å²) in [5.41, 5.74) is 1.37. The van der Waals surface area contributed by atoms with Crippen LogP contribution in [0.3, 0.4) is 0 Å². The molecule has 1 fully saturated rings. The zero-order valence-corrected chi connectivity index (χ0v) is 27.5. The predicted molar refractivity (Wildman–Crippen MR) is 162 cm³/mol. The molecule has 2 aliphatic heterocycles. The summed E-state index contributed by atoms with van der Waals surface area (Å²) in [7, 11) is -0.468. The van der Waals surface area contributed by atoms with Crippen molar-refractivity contribution in [1.82, 2.24) is 0 Å². The summed E-state index contributed by atoms with van der Waals surface area (Å²) in [6.45, 7) is 17.3. The van der Waals surface area contributed by atoms with E-state index in [0.717, 1.165) is 16.9 Å². The van der Waals surface area contributed by atoms with E-state index >= 15 is 0 Å². The number of fused-ring (bicyclic) bond motifs is 1. The topological polar surface area (TPSA) is 63.2 Å². The molecule has 1 aromatic carbocycles. The van der Waals surface area contributed by atoms with Crippen LogP contribution in [0.1, 0.15) is 72.7 Å². The van der Waals surface area contributed by atoms with E-state index in [4.69, 9.17) is 23.4 Å². The van der Waals surface area contributed by atoms with Crippen LogP contribution in [-0.2, 0) is 23.4 Å². The molecule has 0 spiro atoms.